The Morgan fingerprint density at radius 1 is 0.833 bits per heavy atom. The highest BCUT2D eigenvalue weighted by atomic mass is 28.4. The van der Waals surface area contributed by atoms with Crippen molar-refractivity contribution in [1.29, 1.82) is 0 Å². The Balaban J connectivity index is 2.16. The minimum Gasteiger partial charge on any atom is -0.539 e. The summed E-state index contributed by atoms with van der Waals surface area (Å²) in [5.41, 5.74) is 2.46. The maximum atomic E-state index is 6.26. The smallest absolute Gasteiger partial charge is 0.277 e. The molecule has 0 fully saturated rings. The molecule has 2 aromatic carbocycles. The van der Waals surface area contributed by atoms with Gasteiger partial charge in [-0.1, -0.05) is 48.5 Å². The van der Waals surface area contributed by atoms with Gasteiger partial charge in [0, 0.05) is 5.56 Å². The lowest BCUT2D eigenvalue weighted by atomic mass is 10.1. The van der Waals surface area contributed by atoms with E-state index in [0.717, 1.165) is 5.75 Å². The van der Waals surface area contributed by atoms with Crippen molar-refractivity contribution in [2.75, 3.05) is 0 Å². The van der Waals surface area contributed by atoms with Gasteiger partial charge in [0.2, 0.25) is 0 Å². The van der Waals surface area contributed by atoms with Crippen molar-refractivity contribution in [1.82, 2.24) is 0 Å². The molecule has 0 aromatic heterocycles. The summed E-state index contributed by atoms with van der Waals surface area (Å²) in [6.45, 7) is 4.50. The van der Waals surface area contributed by atoms with Crippen LogP contribution in [0.15, 0.2) is 54.6 Å². The second-order valence-electron chi connectivity index (χ2n) is 5.07. The molecule has 90 valence electrons. The molecule has 0 N–H and O–H groups in total. The quantitative estimate of drug-likeness (QED) is 0.685. The van der Waals surface area contributed by atoms with E-state index in [1.165, 1.54) is 16.3 Å². The summed E-state index contributed by atoms with van der Waals surface area (Å²) in [6.07, 6.45) is 2.29. The second kappa shape index (κ2) is 4.14. The highest BCUT2D eigenvalue weighted by Crippen LogP contribution is 2.37. The normalized spacial score (nSPS) is 16.4. The monoisotopic (exact) mass is 252 g/mol. The number of rotatable bonds is 1. The molecule has 0 aliphatic carbocycles. The Morgan fingerprint density at radius 2 is 1.50 bits per heavy atom. The predicted molar refractivity (Wildman–Crippen MR) is 78.9 cm³/mol. The van der Waals surface area contributed by atoms with Gasteiger partial charge in [0.25, 0.3) is 8.32 Å². The summed E-state index contributed by atoms with van der Waals surface area (Å²) in [7, 11) is -1.85. The van der Waals surface area contributed by atoms with Crippen LogP contribution in [0, 0.1) is 0 Å². The Bertz CT molecular complexity index is 600. The summed E-state index contributed by atoms with van der Waals surface area (Å²) >= 11 is 0. The number of para-hydroxylation sites is 1. The fourth-order valence-electron chi connectivity index (χ4n) is 2.40. The molecule has 0 spiro atoms. The van der Waals surface area contributed by atoms with Gasteiger partial charge in [-0.05, 0) is 36.0 Å². The van der Waals surface area contributed by atoms with Gasteiger partial charge in [-0.3, -0.25) is 0 Å². The molecule has 1 nitrogen and oxygen atoms in total. The van der Waals surface area contributed by atoms with Crippen LogP contribution in [-0.2, 0) is 0 Å². The van der Waals surface area contributed by atoms with E-state index in [0.29, 0.717) is 0 Å². The Labute approximate surface area is 109 Å². The first-order valence-electron chi connectivity index (χ1n) is 6.22. The van der Waals surface area contributed by atoms with E-state index in [-0.39, 0.29) is 0 Å². The summed E-state index contributed by atoms with van der Waals surface area (Å²) in [6, 6.07) is 18.8. The molecule has 1 aliphatic rings. The first kappa shape index (κ1) is 11.3. The molecule has 0 radical (unpaired) electrons. The lowest BCUT2D eigenvalue weighted by Crippen LogP contribution is -2.38. The van der Waals surface area contributed by atoms with Crippen molar-refractivity contribution in [2.24, 2.45) is 0 Å². The molecule has 0 amide bonds. The van der Waals surface area contributed by atoms with Crippen LogP contribution in [0.25, 0.3) is 11.3 Å². The Morgan fingerprint density at radius 3 is 2.28 bits per heavy atom. The van der Waals surface area contributed by atoms with Gasteiger partial charge in [0.15, 0.2) is 0 Å². The van der Waals surface area contributed by atoms with Gasteiger partial charge in [-0.25, -0.2) is 0 Å². The topological polar surface area (TPSA) is 9.23 Å². The third kappa shape index (κ3) is 1.89. The molecule has 2 heteroatoms. The fraction of sp³-hybridized carbons (Fsp3) is 0.125. The van der Waals surface area contributed by atoms with Crippen molar-refractivity contribution in [3.63, 3.8) is 0 Å². The predicted octanol–water partition coefficient (Wildman–Crippen LogP) is 4.36. The number of benzene rings is 2. The van der Waals surface area contributed by atoms with Gasteiger partial charge >= 0.3 is 0 Å². The van der Waals surface area contributed by atoms with Crippen molar-refractivity contribution < 1.29 is 4.43 Å². The van der Waals surface area contributed by atoms with Gasteiger partial charge in [0.05, 0.1) is 0 Å². The van der Waals surface area contributed by atoms with E-state index in [2.05, 4.69) is 67.7 Å². The fourth-order valence-corrected chi connectivity index (χ4v) is 4.61. The highest BCUT2D eigenvalue weighted by Gasteiger charge is 2.34. The second-order valence-corrected chi connectivity index (χ2v) is 8.84. The van der Waals surface area contributed by atoms with Crippen LogP contribution in [0.2, 0.25) is 13.1 Å². The van der Waals surface area contributed by atoms with Gasteiger partial charge in [-0.2, -0.15) is 0 Å². The SMILES string of the molecule is C[Si]1(C)Oc2ccccc2C=C1c1ccccc1. The van der Waals surface area contributed by atoms with E-state index in [4.69, 9.17) is 4.43 Å². The first-order chi connectivity index (χ1) is 8.67. The van der Waals surface area contributed by atoms with Gasteiger partial charge < -0.3 is 4.43 Å². The standard InChI is InChI=1S/C16H16OSi/c1-18(2)16(13-8-4-3-5-9-13)12-14-10-6-7-11-15(14)17-18/h3-12H,1-2H3. The molecule has 0 saturated heterocycles. The molecule has 1 heterocycles. The lowest BCUT2D eigenvalue weighted by molar-refractivity contribution is 0.561. The molecule has 0 unspecified atom stereocenters. The number of fused-ring (bicyclic) bond motifs is 1. The Hall–Kier alpha value is -1.80. The molecule has 3 rings (SSSR count). The summed E-state index contributed by atoms with van der Waals surface area (Å²) < 4.78 is 6.26. The third-order valence-corrected chi connectivity index (χ3v) is 5.78. The molecule has 0 bridgehead atoms. The lowest BCUT2D eigenvalue weighted by Gasteiger charge is -2.32. The molecule has 2 aromatic rings. The zero-order valence-corrected chi connectivity index (χ0v) is 11.7. The van der Waals surface area contributed by atoms with Gasteiger partial charge in [0.1, 0.15) is 5.75 Å². The molecule has 0 saturated carbocycles. The van der Waals surface area contributed by atoms with Crippen LogP contribution in [0.1, 0.15) is 11.1 Å². The summed E-state index contributed by atoms with van der Waals surface area (Å²) in [4.78, 5) is 0. The van der Waals surface area contributed by atoms with Crippen LogP contribution in [0.4, 0.5) is 0 Å². The van der Waals surface area contributed by atoms with Crippen molar-refractivity contribution >= 4 is 19.6 Å². The molecular formula is C16H16OSi. The average Bonchev–Trinajstić information content (AvgIpc) is 2.38. The van der Waals surface area contributed by atoms with Crippen molar-refractivity contribution in [3.8, 4) is 5.75 Å². The zero-order chi connectivity index (χ0) is 12.6. The minimum atomic E-state index is -1.85. The van der Waals surface area contributed by atoms with E-state index >= 15 is 0 Å². The number of hydrogen-bond acceptors (Lipinski definition) is 1. The van der Waals surface area contributed by atoms with Crippen LogP contribution in [0.3, 0.4) is 0 Å². The van der Waals surface area contributed by atoms with Crippen molar-refractivity contribution in [2.45, 2.75) is 13.1 Å². The molecule has 18 heavy (non-hydrogen) atoms. The van der Waals surface area contributed by atoms with E-state index < -0.39 is 8.32 Å². The van der Waals surface area contributed by atoms with Crippen molar-refractivity contribution in [3.05, 3.63) is 65.7 Å². The summed E-state index contributed by atoms with van der Waals surface area (Å²) in [5.74, 6) is 1.02. The highest BCUT2D eigenvalue weighted by molar-refractivity contribution is 6.91. The molecular weight excluding hydrogens is 236 g/mol. The van der Waals surface area contributed by atoms with Crippen LogP contribution in [-0.4, -0.2) is 8.32 Å². The van der Waals surface area contributed by atoms with Gasteiger partial charge in [-0.15, -0.1) is 0 Å². The van der Waals surface area contributed by atoms with E-state index in [1.54, 1.807) is 0 Å². The third-order valence-electron chi connectivity index (χ3n) is 3.32. The summed E-state index contributed by atoms with van der Waals surface area (Å²) in [5, 5.41) is 1.36. The zero-order valence-electron chi connectivity index (χ0n) is 10.7. The maximum Gasteiger partial charge on any atom is 0.277 e. The van der Waals surface area contributed by atoms with Crippen LogP contribution < -0.4 is 4.43 Å². The van der Waals surface area contributed by atoms with Crippen LogP contribution in [0.5, 0.6) is 5.75 Å². The molecule has 1 aliphatic heterocycles. The first-order valence-corrected chi connectivity index (χ1v) is 9.13. The number of hydrogen-bond donors (Lipinski definition) is 0. The molecule has 0 atom stereocenters. The average molecular weight is 252 g/mol. The largest absolute Gasteiger partial charge is 0.539 e. The van der Waals surface area contributed by atoms with Crippen LogP contribution >= 0.6 is 0 Å². The minimum absolute atomic E-state index is 1.02. The van der Waals surface area contributed by atoms with E-state index in [1.807, 2.05) is 6.07 Å². The van der Waals surface area contributed by atoms with E-state index in [9.17, 15) is 0 Å². The maximum absolute atomic E-state index is 6.26. The Kier molecular flexibility index (Phi) is 2.60.